The minimum atomic E-state index is -0.627. The molecule has 2 nitrogen and oxygen atoms in total. The van der Waals surface area contributed by atoms with E-state index >= 15 is 0 Å². The summed E-state index contributed by atoms with van der Waals surface area (Å²) in [5.41, 5.74) is 1.65. The van der Waals surface area contributed by atoms with Crippen LogP contribution in [0, 0.1) is 0 Å². The van der Waals surface area contributed by atoms with E-state index in [2.05, 4.69) is 0 Å². The molecule has 2 heteroatoms. The van der Waals surface area contributed by atoms with E-state index in [-0.39, 0.29) is 6.61 Å². The van der Waals surface area contributed by atoms with E-state index in [1.165, 1.54) is 0 Å². The van der Waals surface area contributed by atoms with Crippen molar-refractivity contribution in [3.8, 4) is 0 Å². The quantitative estimate of drug-likeness (QED) is 0.655. The van der Waals surface area contributed by atoms with Crippen molar-refractivity contribution in [1.29, 1.82) is 0 Å². The normalized spacial score (nSPS) is 12.9. The Hall–Kier alpha value is -0.860. The number of hydrogen-bond acceptors (Lipinski definition) is 0. The monoisotopic (exact) mass is 164 g/mol. The van der Waals surface area contributed by atoms with Gasteiger partial charge >= 0.3 is 0 Å². The first kappa shape index (κ1) is 9.23. The second kappa shape index (κ2) is 4.24. The van der Waals surface area contributed by atoms with Crippen LogP contribution in [0.1, 0.15) is 18.1 Å². The van der Waals surface area contributed by atoms with Crippen LogP contribution in [-0.2, 0) is 23.2 Å². The third-order valence-electron chi connectivity index (χ3n) is 1.78. The third kappa shape index (κ3) is 2.32. The Morgan fingerprint density at radius 1 is 1.25 bits per heavy atom. The lowest BCUT2D eigenvalue weighted by atomic mass is 10.0. The van der Waals surface area contributed by atoms with Gasteiger partial charge in [-0.05, 0) is 18.1 Å². The van der Waals surface area contributed by atoms with Crippen LogP contribution in [0.25, 0.3) is 0 Å². The maximum absolute atomic E-state index is 10.9. The van der Waals surface area contributed by atoms with Crippen molar-refractivity contribution < 1.29 is 10.2 Å². The minimum Gasteiger partial charge on any atom is -0.233 e. The van der Waals surface area contributed by atoms with Crippen LogP contribution in [0.2, 0.25) is 0 Å². The van der Waals surface area contributed by atoms with Gasteiger partial charge in [0.05, 0.1) is 6.10 Å². The Morgan fingerprint density at radius 3 is 2.33 bits per heavy atom. The first-order chi connectivity index (χ1) is 5.74. The van der Waals surface area contributed by atoms with Crippen LogP contribution in [0.15, 0.2) is 24.3 Å². The van der Waals surface area contributed by atoms with Gasteiger partial charge in [-0.3, -0.25) is 0 Å². The molecule has 0 saturated carbocycles. The molecule has 0 bridgehead atoms. The van der Waals surface area contributed by atoms with Gasteiger partial charge < -0.3 is 0 Å². The molecule has 0 N–H and O–H groups in total. The summed E-state index contributed by atoms with van der Waals surface area (Å²) in [6.45, 7) is 1.38. The van der Waals surface area contributed by atoms with Crippen LogP contribution >= 0.6 is 0 Å². The molecule has 0 amide bonds. The van der Waals surface area contributed by atoms with E-state index in [1.54, 1.807) is 13.0 Å². The highest BCUT2D eigenvalue weighted by Gasteiger charge is 2.04. The molecular weight excluding hydrogens is 152 g/mol. The molecule has 1 aromatic carbocycles. The van der Waals surface area contributed by atoms with Crippen molar-refractivity contribution in [3.05, 3.63) is 35.4 Å². The zero-order valence-electron chi connectivity index (χ0n) is 7.12. The first-order valence-electron chi connectivity index (χ1n) is 4.04. The van der Waals surface area contributed by atoms with E-state index in [9.17, 15) is 10.2 Å². The smallest absolute Gasteiger partial charge is 0.108 e. The number of rotatable bonds is 3. The highest BCUT2D eigenvalue weighted by molar-refractivity contribution is 5.26. The van der Waals surface area contributed by atoms with Crippen LogP contribution in [0.5, 0.6) is 0 Å². The second-order valence-electron chi connectivity index (χ2n) is 2.93. The van der Waals surface area contributed by atoms with Gasteiger partial charge in [0.2, 0.25) is 0 Å². The maximum atomic E-state index is 10.9. The van der Waals surface area contributed by atoms with Crippen molar-refractivity contribution in [2.24, 2.45) is 0 Å². The van der Waals surface area contributed by atoms with Crippen molar-refractivity contribution in [2.45, 2.75) is 26.1 Å². The highest BCUT2D eigenvalue weighted by Crippen LogP contribution is 2.11. The van der Waals surface area contributed by atoms with Gasteiger partial charge in [-0.25, -0.2) is 10.2 Å². The predicted molar refractivity (Wildman–Crippen MR) is 44.7 cm³/mol. The molecule has 0 saturated heterocycles. The Bertz CT molecular complexity index is 243. The molecule has 12 heavy (non-hydrogen) atoms. The molecule has 1 aromatic rings. The molecule has 0 fully saturated rings. The zero-order chi connectivity index (χ0) is 8.97. The molecular formula is C10H12O2. The Kier molecular flexibility index (Phi) is 3.26. The zero-order valence-corrected chi connectivity index (χ0v) is 7.12. The molecule has 0 aliphatic carbocycles. The average molecular weight is 164 g/mol. The second-order valence-corrected chi connectivity index (χ2v) is 2.93. The van der Waals surface area contributed by atoms with Crippen molar-refractivity contribution >= 4 is 0 Å². The van der Waals surface area contributed by atoms with E-state index in [0.717, 1.165) is 11.1 Å². The van der Waals surface area contributed by atoms with Crippen molar-refractivity contribution in [2.75, 3.05) is 0 Å². The standard InChI is InChI=1S/C10H12O2/c1-8(12)6-9-4-2-3-5-10(9)7-11/h2-5,8H,6-7H2,1H3. The van der Waals surface area contributed by atoms with Gasteiger partial charge in [-0.2, -0.15) is 0 Å². The van der Waals surface area contributed by atoms with Gasteiger partial charge in [0.1, 0.15) is 6.61 Å². The molecule has 0 aliphatic heterocycles. The predicted octanol–water partition coefficient (Wildman–Crippen LogP) is 1.98. The summed E-state index contributed by atoms with van der Waals surface area (Å²) in [6.07, 6.45) is -0.170. The lowest BCUT2D eigenvalue weighted by Gasteiger charge is -2.06. The lowest BCUT2D eigenvalue weighted by Crippen LogP contribution is -2.04. The fraction of sp³-hybridized carbons (Fsp3) is 0.400. The Balaban J connectivity index is 2.82. The molecule has 0 heterocycles. The molecule has 64 valence electrons. The summed E-state index contributed by atoms with van der Waals surface area (Å²) in [4.78, 5) is 0. The van der Waals surface area contributed by atoms with Crippen LogP contribution < -0.4 is 0 Å². The number of hydrogen-bond donors (Lipinski definition) is 0. The summed E-state index contributed by atoms with van der Waals surface area (Å²) in [6, 6.07) is 7.31. The van der Waals surface area contributed by atoms with Crippen molar-refractivity contribution in [3.63, 3.8) is 0 Å². The number of benzene rings is 1. The summed E-state index contributed by atoms with van der Waals surface area (Å²) in [7, 11) is 0. The van der Waals surface area contributed by atoms with E-state index in [1.807, 2.05) is 18.2 Å². The van der Waals surface area contributed by atoms with Gasteiger partial charge in [0.25, 0.3) is 0 Å². The van der Waals surface area contributed by atoms with Crippen LogP contribution in [0.3, 0.4) is 0 Å². The average Bonchev–Trinajstić information content (AvgIpc) is 2.04. The van der Waals surface area contributed by atoms with Gasteiger partial charge in [-0.15, -0.1) is 0 Å². The molecule has 1 unspecified atom stereocenters. The van der Waals surface area contributed by atoms with Gasteiger partial charge in [-0.1, -0.05) is 24.3 Å². The Morgan fingerprint density at radius 2 is 1.83 bits per heavy atom. The van der Waals surface area contributed by atoms with E-state index in [0.29, 0.717) is 6.42 Å². The summed E-state index contributed by atoms with van der Waals surface area (Å²) < 4.78 is 0. The topological polar surface area (TPSA) is 39.8 Å². The SMILES string of the molecule is CC([O])Cc1ccccc1C[O]. The first-order valence-corrected chi connectivity index (χ1v) is 4.04. The summed E-state index contributed by atoms with van der Waals surface area (Å²) in [5.74, 6) is 0. The molecule has 0 spiro atoms. The fourth-order valence-electron chi connectivity index (χ4n) is 1.21. The van der Waals surface area contributed by atoms with E-state index in [4.69, 9.17) is 0 Å². The molecule has 0 aliphatic rings. The van der Waals surface area contributed by atoms with Crippen molar-refractivity contribution in [1.82, 2.24) is 0 Å². The molecule has 0 aromatic heterocycles. The van der Waals surface area contributed by atoms with E-state index < -0.39 is 6.10 Å². The van der Waals surface area contributed by atoms with Gasteiger partial charge in [0.15, 0.2) is 0 Å². The molecule has 1 rings (SSSR count). The van der Waals surface area contributed by atoms with Gasteiger partial charge in [0, 0.05) is 6.42 Å². The largest absolute Gasteiger partial charge is 0.233 e. The lowest BCUT2D eigenvalue weighted by molar-refractivity contribution is 0.105. The third-order valence-corrected chi connectivity index (χ3v) is 1.78. The van der Waals surface area contributed by atoms with Crippen LogP contribution in [-0.4, -0.2) is 6.10 Å². The maximum Gasteiger partial charge on any atom is 0.108 e. The summed E-state index contributed by atoms with van der Waals surface area (Å²) >= 11 is 0. The fourth-order valence-corrected chi connectivity index (χ4v) is 1.21. The molecule has 2 radical (unpaired) electrons. The summed E-state index contributed by atoms with van der Waals surface area (Å²) in [5, 5.41) is 21.5. The molecule has 1 atom stereocenters. The minimum absolute atomic E-state index is 0.233. The highest BCUT2D eigenvalue weighted by atomic mass is 16.3. The Labute approximate surface area is 72.5 Å². The van der Waals surface area contributed by atoms with Crippen LogP contribution in [0.4, 0.5) is 0 Å².